The predicted octanol–water partition coefficient (Wildman–Crippen LogP) is 5.90. The second-order valence-corrected chi connectivity index (χ2v) is 7.77. The molecule has 0 aliphatic rings. The number of carbonyl (C=O) groups is 1. The van der Waals surface area contributed by atoms with Crippen LogP contribution in [0.25, 0.3) is 11.0 Å². The molecule has 0 aliphatic carbocycles. The molecule has 0 fully saturated rings. The largest absolute Gasteiger partial charge is 0.496 e. The summed E-state index contributed by atoms with van der Waals surface area (Å²) in [4.78, 5) is 17.7. The quantitative estimate of drug-likeness (QED) is 0.403. The third kappa shape index (κ3) is 5.21. The van der Waals surface area contributed by atoms with Crippen molar-refractivity contribution in [1.82, 2.24) is 14.9 Å². The van der Waals surface area contributed by atoms with Crippen LogP contribution in [0.15, 0.2) is 48.5 Å². The van der Waals surface area contributed by atoms with Gasteiger partial charge in [0.15, 0.2) is 0 Å². The number of rotatable bonds is 11. The molecule has 1 amide bonds. The molecule has 160 valence electrons. The first-order valence-electron chi connectivity index (χ1n) is 11.0. The zero-order valence-electron chi connectivity index (χ0n) is 18.4. The van der Waals surface area contributed by atoms with Crippen LogP contribution in [0.3, 0.4) is 0 Å². The fraction of sp³-hybridized carbons (Fsp3) is 0.440. The van der Waals surface area contributed by atoms with Gasteiger partial charge in [-0.2, -0.15) is 0 Å². The van der Waals surface area contributed by atoms with E-state index in [4.69, 9.17) is 9.72 Å². The van der Waals surface area contributed by atoms with Gasteiger partial charge in [-0.1, -0.05) is 63.3 Å². The molecule has 1 unspecified atom stereocenters. The molecule has 1 heterocycles. The Balaban J connectivity index is 1.76. The number of hydrogen-bond acceptors (Lipinski definition) is 3. The number of methoxy groups -OCH3 is 1. The van der Waals surface area contributed by atoms with Crippen LogP contribution in [0.2, 0.25) is 0 Å². The van der Waals surface area contributed by atoms with Crippen molar-refractivity contribution in [2.24, 2.45) is 0 Å². The minimum absolute atomic E-state index is 0.155. The number of nitrogens with one attached hydrogen (secondary N) is 1. The van der Waals surface area contributed by atoms with E-state index in [2.05, 4.69) is 22.9 Å². The zero-order chi connectivity index (χ0) is 21.3. The summed E-state index contributed by atoms with van der Waals surface area (Å²) in [5.41, 5.74) is 2.63. The molecule has 5 heteroatoms. The maximum atomic E-state index is 12.9. The number of imidazole rings is 1. The number of aromatic nitrogens is 2. The summed E-state index contributed by atoms with van der Waals surface area (Å²) < 4.78 is 7.60. The van der Waals surface area contributed by atoms with Crippen LogP contribution in [0, 0.1) is 0 Å². The number of hydrogen-bond donors (Lipinski definition) is 1. The Bertz CT molecular complexity index is 964. The molecule has 0 aliphatic heterocycles. The number of ether oxygens (including phenoxy) is 1. The Morgan fingerprint density at radius 3 is 2.53 bits per heavy atom. The first kappa shape index (κ1) is 21.9. The molecular weight excluding hydrogens is 374 g/mol. The van der Waals surface area contributed by atoms with Gasteiger partial charge >= 0.3 is 0 Å². The van der Waals surface area contributed by atoms with Crippen molar-refractivity contribution in [3.63, 3.8) is 0 Å². The van der Waals surface area contributed by atoms with Crippen LogP contribution >= 0.6 is 0 Å². The number of unbranched alkanes of at least 4 members (excludes halogenated alkanes) is 5. The van der Waals surface area contributed by atoms with E-state index in [0.717, 1.165) is 29.8 Å². The van der Waals surface area contributed by atoms with Gasteiger partial charge in [-0.15, -0.1) is 0 Å². The summed E-state index contributed by atoms with van der Waals surface area (Å²) in [7, 11) is 1.58. The number of nitrogens with zero attached hydrogens (tertiary/aromatic N) is 2. The number of benzene rings is 2. The number of aryl methyl sites for hydroxylation is 1. The molecule has 5 nitrogen and oxygen atoms in total. The Kier molecular flexibility index (Phi) is 7.89. The molecule has 3 rings (SSSR count). The van der Waals surface area contributed by atoms with E-state index in [-0.39, 0.29) is 11.9 Å². The van der Waals surface area contributed by atoms with Crippen LogP contribution in [0.1, 0.15) is 74.6 Å². The summed E-state index contributed by atoms with van der Waals surface area (Å²) in [6.45, 7) is 5.15. The van der Waals surface area contributed by atoms with Gasteiger partial charge in [-0.3, -0.25) is 4.79 Å². The Morgan fingerprint density at radius 1 is 1.03 bits per heavy atom. The van der Waals surface area contributed by atoms with Gasteiger partial charge in [0.2, 0.25) is 0 Å². The van der Waals surface area contributed by atoms with Crippen LogP contribution in [-0.4, -0.2) is 22.6 Å². The monoisotopic (exact) mass is 407 g/mol. The van der Waals surface area contributed by atoms with E-state index < -0.39 is 0 Å². The van der Waals surface area contributed by atoms with Crippen molar-refractivity contribution in [3.8, 4) is 5.75 Å². The Morgan fingerprint density at radius 2 is 1.73 bits per heavy atom. The molecule has 0 radical (unpaired) electrons. The third-order valence-electron chi connectivity index (χ3n) is 5.51. The lowest BCUT2D eigenvalue weighted by molar-refractivity contribution is 0.0934. The summed E-state index contributed by atoms with van der Waals surface area (Å²) in [5, 5.41) is 3.10. The fourth-order valence-corrected chi connectivity index (χ4v) is 3.88. The van der Waals surface area contributed by atoms with Crippen molar-refractivity contribution in [2.45, 2.75) is 65.0 Å². The number of carbonyl (C=O) groups excluding carboxylic acids is 1. The molecule has 0 saturated carbocycles. The number of amides is 1. The minimum atomic E-state index is -0.213. The normalized spacial score (nSPS) is 12.1. The Labute approximate surface area is 179 Å². The van der Waals surface area contributed by atoms with Crippen LogP contribution in [0.4, 0.5) is 0 Å². The van der Waals surface area contributed by atoms with Crippen LogP contribution in [0.5, 0.6) is 5.75 Å². The Hall–Kier alpha value is -2.82. The van der Waals surface area contributed by atoms with Gasteiger partial charge in [0.1, 0.15) is 11.6 Å². The smallest absolute Gasteiger partial charge is 0.255 e. The summed E-state index contributed by atoms with van der Waals surface area (Å²) in [6, 6.07) is 15.3. The fourth-order valence-electron chi connectivity index (χ4n) is 3.88. The van der Waals surface area contributed by atoms with Gasteiger partial charge in [0.05, 0.1) is 29.7 Å². The number of fused-ring (bicyclic) bond motifs is 1. The van der Waals surface area contributed by atoms with Gasteiger partial charge in [-0.05, 0) is 37.6 Å². The maximum absolute atomic E-state index is 12.9. The predicted molar refractivity (Wildman–Crippen MR) is 122 cm³/mol. The average molecular weight is 408 g/mol. The van der Waals surface area contributed by atoms with E-state index in [1.54, 1.807) is 19.2 Å². The lowest BCUT2D eigenvalue weighted by atomic mass is 10.1. The lowest BCUT2D eigenvalue weighted by Gasteiger charge is -2.17. The third-order valence-corrected chi connectivity index (χ3v) is 5.51. The molecule has 2 aromatic carbocycles. The highest BCUT2D eigenvalue weighted by Crippen LogP contribution is 2.23. The molecule has 0 saturated heterocycles. The highest BCUT2D eigenvalue weighted by Gasteiger charge is 2.20. The molecule has 3 aromatic rings. The van der Waals surface area contributed by atoms with E-state index in [1.165, 1.54) is 32.1 Å². The van der Waals surface area contributed by atoms with Gasteiger partial charge < -0.3 is 14.6 Å². The molecule has 0 spiro atoms. The molecule has 1 N–H and O–H groups in total. The van der Waals surface area contributed by atoms with Crippen molar-refractivity contribution >= 4 is 16.9 Å². The highest BCUT2D eigenvalue weighted by atomic mass is 16.5. The SMILES string of the molecule is CCCCCCCCn1c(C(C)NC(=O)c2ccccc2OC)nc2ccccc21. The minimum Gasteiger partial charge on any atom is -0.496 e. The second-order valence-electron chi connectivity index (χ2n) is 7.77. The summed E-state index contributed by atoms with van der Waals surface area (Å²) in [6.07, 6.45) is 7.48. The van der Waals surface area contributed by atoms with Crippen molar-refractivity contribution in [3.05, 3.63) is 59.9 Å². The van der Waals surface area contributed by atoms with E-state index in [0.29, 0.717) is 11.3 Å². The van der Waals surface area contributed by atoms with E-state index >= 15 is 0 Å². The lowest BCUT2D eigenvalue weighted by Crippen LogP contribution is -2.29. The van der Waals surface area contributed by atoms with Crippen molar-refractivity contribution < 1.29 is 9.53 Å². The summed E-state index contributed by atoms with van der Waals surface area (Å²) >= 11 is 0. The topological polar surface area (TPSA) is 56.2 Å². The van der Waals surface area contributed by atoms with E-state index in [1.807, 2.05) is 37.3 Å². The van der Waals surface area contributed by atoms with Crippen LogP contribution < -0.4 is 10.1 Å². The summed E-state index contributed by atoms with van der Waals surface area (Å²) in [5.74, 6) is 1.31. The van der Waals surface area contributed by atoms with E-state index in [9.17, 15) is 4.79 Å². The average Bonchev–Trinajstić information content (AvgIpc) is 3.15. The van der Waals surface area contributed by atoms with Gasteiger partial charge in [0, 0.05) is 6.54 Å². The van der Waals surface area contributed by atoms with Gasteiger partial charge in [-0.25, -0.2) is 4.98 Å². The molecular formula is C25H33N3O2. The first-order chi connectivity index (χ1) is 14.7. The number of para-hydroxylation sites is 3. The zero-order valence-corrected chi connectivity index (χ0v) is 18.4. The maximum Gasteiger partial charge on any atom is 0.255 e. The molecule has 30 heavy (non-hydrogen) atoms. The van der Waals surface area contributed by atoms with Gasteiger partial charge in [0.25, 0.3) is 5.91 Å². The van der Waals surface area contributed by atoms with Crippen molar-refractivity contribution in [2.75, 3.05) is 7.11 Å². The van der Waals surface area contributed by atoms with Crippen LogP contribution in [-0.2, 0) is 6.54 Å². The molecule has 1 atom stereocenters. The molecule has 0 bridgehead atoms. The van der Waals surface area contributed by atoms with Crippen molar-refractivity contribution in [1.29, 1.82) is 0 Å². The standard InChI is InChI=1S/C25H33N3O2/c1-4-5-6-7-8-13-18-28-22-16-11-10-15-21(22)27-24(28)19(2)26-25(29)20-14-9-12-17-23(20)30-3/h9-12,14-17,19H,4-8,13,18H2,1-3H3,(H,26,29). The molecule has 1 aromatic heterocycles. The second kappa shape index (κ2) is 10.8. The highest BCUT2D eigenvalue weighted by molar-refractivity contribution is 5.97. The first-order valence-corrected chi connectivity index (χ1v) is 11.0.